The van der Waals surface area contributed by atoms with Crippen molar-refractivity contribution in [2.24, 2.45) is 11.8 Å². The number of carbonyl (C=O) groups is 1. The number of nitrogens with one attached hydrogen (secondary N) is 1. The lowest BCUT2D eigenvalue weighted by Gasteiger charge is -2.34. The van der Waals surface area contributed by atoms with Crippen LogP contribution in [0.5, 0.6) is 0 Å². The van der Waals surface area contributed by atoms with E-state index in [2.05, 4.69) is 44.8 Å². The highest BCUT2D eigenvalue weighted by Crippen LogP contribution is 2.12. The van der Waals surface area contributed by atoms with Crippen LogP contribution in [0.3, 0.4) is 0 Å². The molecule has 1 unspecified atom stereocenters. The lowest BCUT2D eigenvalue weighted by atomic mass is 10.00. The molecule has 0 aromatic heterocycles. The van der Waals surface area contributed by atoms with Crippen molar-refractivity contribution in [2.75, 3.05) is 26.2 Å². The van der Waals surface area contributed by atoms with Gasteiger partial charge in [0, 0.05) is 6.54 Å². The average Bonchev–Trinajstić information content (AvgIpc) is 2.39. The summed E-state index contributed by atoms with van der Waals surface area (Å²) in [5.74, 6) is 0.535. The van der Waals surface area contributed by atoms with Crippen LogP contribution in [0.1, 0.15) is 60.8 Å². The predicted octanol–water partition coefficient (Wildman–Crippen LogP) is 3.22. The fourth-order valence-electron chi connectivity index (χ4n) is 2.20. The molecule has 0 spiro atoms. The van der Waals surface area contributed by atoms with Crippen molar-refractivity contribution in [3.05, 3.63) is 0 Å². The summed E-state index contributed by atoms with van der Waals surface area (Å²) in [6.45, 7) is 16.0. The number of carboxylic acids is 1. The summed E-state index contributed by atoms with van der Waals surface area (Å²) in [5, 5.41) is 12.8. The number of aliphatic carboxylic acids is 1. The minimum absolute atomic E-state index is 0.571. The summed E-state index contributed by atoms with van der Waals surface area (Å²) in [4.78, 5) is 14.0. The largest absolute Gasteiger partial charge is 0.480 e. The van der Waals surface area contributed by atoms with E-state index < -0.39 is 11.5 Å². The van der Waals surface area contributed by atoms with Crippen LogP contribution >= 0.6 is 0 Å². The Labute approximate surface area is 131 Å². The molecule has 0 heterocycles. The SMILES string of the molecule is CCCNC(C)(CN(CCC(C)C)CCC(C)C)C(=O)O. The molecule has 0 fully saturated rings. The molecule has 0 aromatic rings. The van der Waals surface area contributed by atoms with Gasteiger partial charge in [0.2, 0.25) is 0 Å². The summed E-state index contributed by atoms with van der Waals surface area (Å²) >= 11 is 0. The second kappa shape index (κ2) is 10.2. The molecule has 0 radical (unpaired) electrons. The van der Waals surface area contributed by atoms with E-state index >= 15 is 0 Å². The lowest BCUT2D eigenvalue weighted by Crippen LogP contribution is -2.57. The Kier molecular flexibility index (Phi) is 9.88. The Bertz CT molecular complexity index is 281. The van der Waals surface area contributed by atoms with Gasteiger partial charge in [0.25, 0.3) is 0 Å². The van der Waals surface area contributed by atoms with E-state index in [1.54, 1.807) is 0 Å². The number of hydrogen-bond acceptors (Lipinski definition) is 3. The van der Waals surface area contributed by atoms with Gasteiger partial charge in [0.05, 0.1) is 0 Å². The van der Waals surface area contributed by atoms with Gasteiger partial charge in [0.15, 0.2) is 0 Å². The molecule has 1 atom stereocenters. The maximum Gasteiger partial charge on any atom is 0.324 e. The van der Waals surface area contributed by atoms with E-state index in [0.717, 1.165) is 38.9 Å². The third-order valence-electron chi connectivity index (χ3n) is 3.82. The summed E-state index contributed by atoms with van der Waals surface area (Å²) in [6.07, 6.45) is 3.17. The lowest BCUT2D eigenvalue weighted by molar-refractivity contribution is -0.145. The molecule has 0 saturated carbocycles. The van der Waals surface area contributed by atoms with Gasteiger partial charge >= 0.3 is 5.97 Å². The molecule has 0 saturated heterocycles. The Hall–Kier alpha value is -0.610. The Morgan fingerprint density at radius 2 is 1.62 bits per heavy atom. The number of carboxylic acid groups (broad SMARTS) is 1. The van der Waals surface area contributed by atoms with Crippen molar-refractivity contribution in [1.29, 1.82) is 0 Å². The van der Waals surface area contributed by atoms with Gasteiger partial charge in [-0.25, -0.2) is 0 Å². The monoisotopic (exact) mass is 300 g/mol. The second-order valence-electron chi connectivity index (χ2n) is 7.21. The number of rotatable bonds is 12. The molecular weight excluding hydrogens is 264 g/mol. The molecule has 0 aliphatic rings. The van der Waals surface area contributed by atoms with Crippen LogP contribution in [-0.4, -0.2) is 47.7 Å². The number of nitrogens with zero attached hydrogens (tertiary/aromatic N) is 1. The van der Waals surface area contributed by atoms with Crippen molar-refractivity contribution < 1.29 is 9.90 Å². The third-order valence-corrected chi connectivity index (χ3v) is 3.82. The molecule has 21 heavy (non-hydrogen) atoms. The first kappa shape index (κ1) is 20.4. The molecule has 0 amide bonds. The van der Waals surface area contributed by atoms with E-state index in [1.807, 2.05) is 6.92 Å². The molecule has 2 N–H and O–H groups in total. The van der Waals surface area contributed by atoms with Gasteiger partial charge < -0.3 is 15.3 Å². The van der Waals surface area contributed by atoms with Crippen LogP contribution in [0, 0.1) is 11.8 Å². The van der Waals surface area contributed by atoms with Gasteiger partial charge in [-0.15, -0.1) is 0 Å². The molecular formula is C17H36N2O2. The van der Waals surface area contributed by atoms with Gasteiger partial charge in [-0.3, -0.25) is 4.79 Å². The minimum atomic E-state index is -0.857. The summed E-state index contributed by atoms with van der Waals surface area (Å²) in [6, 6.07) is 0. The Morgan fingerprint density at radius 3 is 1.95 bits per heavy atom. The quantitative estimate of drug-likeness (QED) is 0.581. The predicted molar refractivity (Wildman–Crippen MR) is 89.7 cm³/mol. The molecule has 126 valence electrons. The smallest absolute Gasteiger partial charge is 0.324 e. The van der Waals surface area contributed by atoms with Crippen LogP contribution in [-0.2, 0) is 4.79 Å². The van der Waals surface area contributed by atoms with Crippen LogP contribution in [0.15, 0.2) is 0 Å². The highest BCUT2D eigenvalue weighted by Gasteiger charge is 2.34. The van der Waals surface area contributed by atoms with Gasteiger partial charge in [0.1, 0.15) is 5.54 Å². The van der Waals surface area contributed by atoms with Crippen molar-refractivity contribution in [2.45, 2.75) is 66.3 Å². The maximum atomic E-state index is 11.6. The second-order valence-corrected chi connectivity index (χ2v) is 7.21. The normalized spacial score (nSPS) is 14.9. The molecule has 0 aromatic carbocycles. The maximum absolute atomic E-state index is 11.6. The van der Waals surface area contributed by atoms with Crippen LogP contribution < -0.4 is 5.32 Å². The van der Waals surface area contributed by atoms with Crippen LogP contribution in [0.4, 0.5) is 0 Å². The first-order chi connectivity index (χ1) is 9.71. The summed E-state index contributed by atoms with van der Waals surface area (Å²) < 4.78 is 0. The number of hydrogen-bond donors (Lipinski definition) is 2. The topological polar surface area (TPSA) is 52.6 Å². The van der Waals surface area contributed by atoms with Crippen molar-refractivity contribution >= 4 is 5.97 Å². The van der Waals surface area contributed by atoms with Gasteiger partial charge in [-0.2, -0.15) is 0 Å². The van der Waals surface area contributed by atoms with E-state index in [1.165, 1.54) is 0 Å². The summed E-state index contributed by atoms with van der Waals surface area (Å²) in [5.41, 5.74) is -0.857. The highest BCUT2D eigenvalue weighted by molar-refractivity contribution is 5.78. The molecule has 0 aliphatic heterocycles. The first-order valence-corrected chi connectivity index (χ1v) is 8.42. The zero-order chi connectivity index (χ0) is 16.5. The zero-order valence-electron chi connectivity index (χ0n) is 14.9. The Balaban J connectivity index is 4.72. The highest BCUT2D eigenvalue weighted by atomic mass is 16.4. The standard InChI is InChI=1S/C17H36N2O2/c1-7-10-18-17(6,16(20)21)13-19(11-8-14(2)3)12-9-15(4)5/h14-15,18H,7-13H2,1-6H3,(H,20,21). The Morgan fingerprint density at radius 1 is 1.14 bits per heavy atom. The van der Waals surface area contributed by atoms with Crippen molar-refractivity contribution in [3.63, 3.8) is 0 Å². The van der Waals surface area contributed by atoms with Crippen LogP contribution in [0.25, 0.3) is 0 Å². The minimum Gasteiger partial charge on any atom is -0.480 e. The van der Waals surface area contributed by atoms with Gasteiger partial charge in [-0.1, -0.05) is 34.6 Å². The zero-order valence-corrected chi connectivity index (χ0v) is 14.9. The van der Waals surface area contributed by atoms with Crippen molar-refractivity contribution in [3.8, 4) is 0 Å². The average molecular weight is 300 g/mol. The van der Waals surface area contributed by atoms with E-state index in [0.29, 0.717) is 18.4 Å². The molecule has 0 aliphatic carbocycles. The molecule has 0 bridgehead atoms. The van der Waals surface area contributed by atoms with E-state index in [4.69, 9.17) is 0 Å². The molecule has 4 heteroatoms. The summed E-state index contributed by atoms with van der Waals surface area (Å²) in [7, 11) is 0. The fourth-order valence-corrected chi connectivity index (χ4v) is 2.20. The molecule has 0 rings (SSSR count). The fraction of sp³-hybridized carbons (Fsp3) is 0.941. The van der Waals surface area contributed by atoms with Crippen molar-refractivity contribution in [1.82, 2.24) is 10.2 Å². The van der Waals surface area contributed by atoms with E-state index in [-0.39, 0.29) is 0 Å². The molecule has 4 nitrogen and oxygen atoms in total. The van der Waals surface area contributed by atoms with E-state index in [9.17, 15) is 9.90 Å². The van der Waals surface area contributed by atoms with Crippen LogP contribution in [0.2, 0.25) is 0 Å². The first-order valence-electron chi connectivity index (χ1n) is 8.42. The van der Waals surface area contributed by atoms with Gasteiger partial charge in [-0.05, 0) is 57.7 Å². The third kappa shape index (κ3) is 9.10.